The van der Waals surface area contributed by atoms with E-state index in [1.54, 1.807) is 22.9 Å². The summed E-state index contributed by atoms with van der Waals surface area (Å²) in [5, 5.41) is 4.97. The van der Waals surface area contributed by atoms with Crippen LogP contribution in [0.2, 0.25) is 0 Å². The molecule has 0 unspecified atom stereocenters. The van der Waals surface area contributed by atoms with Crippen molar-refractivity contribution < 1.29 is 9.53 Å². The van der Waals surface area contributed by atoms with E-state index < -0.39 is 0 Å². The van der Waals surface area contributed by atoms with E-state index in [4.69, 9.17) is 4.74 Å². The van der Waals surface area contributed by atoms with E-state index in [-0.39, 0.29) is 5.91 Å². The number of ether oxygens (including phenoxy) is 1. The van der Waals surface area contributed by atoms with Crippen molar-refractivity contribution in [3.63, 3.8) is 0 Å². The molecule has 1 aliphatic rings. The zero-order valence-corrected chi connectivity index (χ0v) is 16.1. The van der Waals surface area contributed by atoms with Crippen LogP contribution in [-0.4, -0.2) is 42.0 Å². The van der Waals surface area contributed by atoms with Gasteiger partial charge in [-0.05, 0) is 63.0 Å². The fourth-order valence-electron chi connectivity index (χ4n) is 3.09. The Balaban J connectivity index is 1.39. The van der Waals surface area contributed by atoms with Gasteiger partial charge in [-0.15, -0.1) is 11.3 Å². The van der Waals surface area contributed by atoms with Crippen LogP contribution in [0.3, 0.4) is 0 Å². The number of aromatic nitrogens is 1. The van der Waals surface area contributed by atoms with Gasteiger partial charge in [0.25, 0.3) is 5.91 Å². The molecule has 5 nitrogen and oxygen atoms in total. The Morgan fingerprint density at radius 1 is 1.38 bits per heavy atom. The molecule has 1 amide bonds. The third kappa shape index (κ3) is 5.81. The molecule has 140 valence electrons. The van der Waals surface area contributed by atoms with E-state index in [2.05, 4.69) is 22.1 Å². The van der Waals surface area contributed by atoms with Gasteiger partial charge in [-0.2, -0.15) is 0 Å². The summed E-state index contributed by atoms with van der Waals surface area (Å²) in [4.78, 5) is 19.0. The maximum absolute atomic E-state index is 12.3. The number of rotatable bonds is 8. The van der Waals surface area contributed by atoms with Crippen LogP contribution in [0.25, 0.3) is 0 Å². The smallest absolute Gasteiger partial charge is 0.251 e. The molecule has 0 atom stereocenters. The zero-order valence-electron chi connectivity index (χ0n) is 15.3. The summed E-state index contributed by atoms with van der Waals surface area (Å²) >= 11 is 1.55. The lowest BCUT2D eigenvalue weighted by atomic mass is 9.99. The van der Waals surface area contributed by atoms with Crippen molar-refractivity contribution in [3.05, 3.63) is 46.4 Å². The highest BCUT2D eigenvalue weighted by Gasteiger charge is 2.15. The molecule has 0 saturated carbocycles. The highest BCUT2D eigenvalue weighted by atomic mass is 32.1. The molecule has 26 heavy (non-hydrogen) atoms. The van der Waals surface area contributed by atoms with E-state index in [1.165, 1.54) is 25.9 Å². The van der Waals surface area contributed by atoms with Crippen LogP contribution in [0, 0.1) is 5.92 Å². The number of thiazole rings is 1. The SMILES string of the molecule is CC1CCN(CCCNC(=O)c2cccc(OCc3cscn3)c2)CC1. The maximum Gasteiger partial charge on any atom is 0.251 e. The second kappa shape index (κ2) is 9.69. The van der Waals surface area contributed by atoms with Gasteiger partial charge in [0.1, 0.15) is 12.4 Å². The minimum Gasteiger partial charge on any atom is -0.487 e. The lowest BCUT2D eigenvalue weighted by Gasteiger charge is -2.30. The topological polar surface area (TPSA) is 54.5 Å². The molecule has 1 aromatic carbocycles. The first-order valence-electron chi connectivity index (χ1n) is 9.31. The van der Waals surface area contributed by atoms with Crippen LogP contribution >= 0.6 is 11.3 Å². The summed E-state index contributed by atoms with van der Waals surface area (Å²) in [6, 6.07) is 7.31. The van der Waals surface area contributed by atoms with Crippen molar-refractivity contribution in [2.45, 2.75) is 32.8 Å². The number of carbonyl (C=O) groups is 1. The fraction of sp³-hybridized carbons (Fsp3) is 0.500. The molecular weight excluding hydrogens is 346 g/mol. The first-order chi connectivity index (χ1) is 12.7. The Bertz CT molecular complexity index is 682. The van der Waals surface area contributed by atoms with Crippen molar-refractivity contribution in [1.29, 1.82) is 0 Å². The largest absolute Gasteiger partial charge is 0.487 e. The normalized spacial score (nSPS) is 15.7. The summed E-state index contributed by atoms with van der Waals surface area (Å²) in [5.41, 5.74) is 3.32. The molecule has 1 aromatic heterocycles. The first kappa shape index (κ1) is 18.9. The second-order valence-corrected chi connectivity index (χ2v) is 7.65. The summed E-state index contributed by atoms with van der Waals surface area (Å²) < 4.78 is 5.71. The van der Waals surface area contributed by atoms with Gasteiger partial charge in [-0.3, -0.25) is 4.79 Å². The summed E-state index contributed by atoms with van der Waals surface area (Å²) in [7, 11) is 0. The molecule has 6 heteroatoms. The number of hydrogen-bond donors (Lipinski definition) is 1. The first-order valence-corrected chi connectivity index (χ1v) is 10.3. The van der Waals surface area contributed by atoms with Gasteiger partial charge in [0.05, 0.1) is 11.2 Å². The Morgan fingerprint density at radius 3 is 3.00 bits per heavy atom. The van der Waals surface area contributed by atoms with Gasteiger partial charge in [0.15, 0.2) is 0 Å². The molecule has 0 spiro atoms. The lowest BCUT2D eigenvalue weighted by Crippen LogP contribution is -2.35. The van der Waals surface area contributed by atoms with Gasteiger partial charge in [0, 0.05) is 17.5 Å². The molecule has 1 fully saturated rings. The van der Waals surface area contributed by atoms with E-state index in [0.717, 1.165) is 24.6 Å². The van der Waals surface area contributed by atoms with Crippen molar-refractivity contribution in [2.24, 2.45) is 5.92 Å². The van der Waals surface area contributed by atoms with Crippen LogP contribution in [0.4, 0.5) is 0 Å². The molecule has 0 bridgehead atoms. The number of hydrogen-bond acceptors (Lipinski definition) is 5. The third-order valence-electron chi connectivity index (χ3n) is 4.78. The third-order valence-corrected chi connectivity index (χ3v) is 5.41. The number of amides is 1. The van der Waals surface area contributed by atoms with Gasteiger partial charge in [-0.25, -0.2) is 4.98 Å². The molecule has 1 N–H and O–H groups in total. The van der Waals surface area contributed by atoms with Crippen LogP contribution in [0.1, 0.15) is 42.2 Å². The minimum atomic E-state index is -0.0450. The average molecular weight is 374 g/mol. The standard InChI is InChI=1S/C20H27N3O2S/c1-16-6-10-23(11-7-16)9-3-8-21-20(24)17-4-2-5-19(12-17)25-13-18-14-26-15-22-18/h2,4-5,12,14-16H,3,6-11,13H2,1H3,(H,21,24). The number of nitrogens with one attached hydrogen (secondary N) is 1. The van der Waals surface area contributed by atoms with E-state index in [1.807, 2.05) is 23.6 Å². The average Bonchev–Trinajstić information content (AvgIpc) is 3.19. The molecule has 3 rings (SSSR count). The van der Waals surface area contributed by atoms with E-state index in [0.29, 0.717) is 24.5 Å². The Morgan fingerprint density at radius 2 is 2.23 bits per heavy atom. The minimum absolute atomic E-state index is 0.0450. The molecular formula is C20H27N3O2S. The number of carbonyl (C=O) groups excluding carboxylic acids is 1. The van der Waals surface area contributed by atoms with Crippen molar-refractivity contribution in [1.82, 2.24) is 15.2 Å². The summed E-state index contributed by atoms with van der Waals surface area (Å²) in [5.74, 6) is 1.50. The number of piperidine rings is 1. The highest BCUT2D eigenvalue weighted by molar-refractivity contribution is 7.07. The molecule has 0 aliphatic carbocycles. The highest BCUT2D eigenvalue weighted by Crippen LogP contribution is 2.16. The second-order valence-electron chi connectivity index (χ2n) is 6.93. The van der Waals surface area contributed by atoms with E-state index in [9.17, 15) is 4.79 Å². The molecule has 1 saturated heterocycles. The molecule has 0 radical (unpaired) electrons. The lowest BCUT2D eigenvalue weighted by molar-refractivity contribution is 0.0950. The fourth-order valence-corrected chi connectivity index (χ4v) is 3.63. The van der Waals surface area contributed by atoms with Crippen molar-refractivity contribution in [2.75, 3.05) is 26.2 Å². The Labute approximate surface area is 159 Å². The quantitative estimate of drug-likeness (QED) is 0.719. The number of benzene rings is 1. The van der Waals surface area contributed by atoms with Crippen LogP contribution in [-0.2, 0) is 6.61 Å². The molecule has 2 heterocycles. The van der Waals surface area contributed by atoms with Crippen molar-refractivity contribution in [3.8, 4) is 5.75 Å². The monoisotopic (exact) mass is 373 g/mol. The summed E-state index contributed by atoms with van der Waals surface area (Å²) in [6.45, 7) is 6.88. The molecule has 1 aliphatic heterocycles. The zero-order chi connectivity index (χ0) is 18.2. The van der Waals surface area contributed by atoms with Gasteiger partial charge < -0.3 is 15.0 Å². The van der Waals surface area contributed by atoms with Crippen LogP contribution < -0.4 is 10.1 Å². The Hall–Kier alpha value is -1.92. The van der Waals surface area contributed by atoms with Crippen LogP contribution in [0.15, 0.2) is 35.2 Å². The van der Waals surface area contributed by atoms with Gasteiger partial charge in [0.2, 0.25) is 0 Å². The number of likely N-dealkylation sites (tertiary alicyclic amines) is 1. The maximum atomic E-state index is 12.3. The van der Waals surface area contributed by atoms with E-state index >= 15 is 0 Å². The number of nitrogens with zero attached hydrogens (tertiary/aromatic N) is 2. The predicted octanol–water partition coefficient (Wildman–Crippen LogP) is 3.57. The van der Waals surface area contributed by atoms with Gasteiger partial charge >= 0.3 is 0 Å². The molecule has 2 aromatic rings. The van der Waals surface area contributed by atoms with Gasteiger partial charge in [-0.1, -0.05) is 13.0 Å². The predicted molar refractivity (Wildman–Crippen MR) is 105 cm³/mol. The Kier molecular flexibility index (Phi) is 7.03. The van der Waals surface area contributed by atoms with Crippen molar-refractivity contribution >= 4 is 17.2 Å². The van der Waals surface area contributed by atoms with Crippen LogP contribution in [0.5, 0.6) is 5.75 Å². The summed E-state index contributed by atoms with van der Waals surface area (Å²) in [6.07, 6.45) is 3.57.